The van der Waals surface area contributed by atoms with Crippen LogP contribution in [0.2, 0.25) is 0 Å². The molecule has 0 aromatic carbocycles. The third kappa shape index (κ3) is 9.46. The van der Waals surface area contributed by atoms with E-state index in [2.05, 4.69) is 11.9 Å². The number of ether oxygens (including phenoxy) is 7. The largest absolute Gasteiger partial charge is 0.464 e. The van der Waals surface area contributed by atoms with Crippen molar-refractivity contribution in [1.29, 1.82) is 0 Å². The topological polar surface area (TPSA) is 179 Å². The smallest absolute Gasteiger partial charge is 0.379 e. The van der Waals surface area contributed by atoms with E-state index in [9.17, 15) is 28.8 Å². The molecule has 1 fully saturated rings. The second-order valence-electron chi connectivity index (χ2n) is 8.04. The third-order valence-corrected chi connectivity index (χ3v) is 4.91. The molecule has 0 radical (unpaired) electrons. The van der Waals surface area contributed by atoms with Gasteiger partial charge in [0.25, 0.3) is 0 Å². The molecule has 1 N–H and O–H groups in total. The van der Waals surface area contributed by atoms with Crippen LogP contribution in [-0.4, -0.2) is 92.3 Å². The van der Waals surface area contributed by atoms with Gasteiger partial charge in [0.2, 0.25) is 5.91 Å². The maximum Gasteiger partial charge on any atom is 0.379 e. The molecule has 1 aliphatic heterocycles. The zero-order valence-electron chi connectivity index (χ0n) is 21.6. The van der Waals surface area contributed by atoms with Crippen LogP contribution in [0.5, 0.6) is 0 Å². The molecule has 37 heavy (non-hydrogen) atoms. The summed E-state index contributed by atoms with van der Waals surface area (Å²) in [6.45, 7) is 8.39. The summed E-state index contributed by atoms with van der Waals surface area (Å²) in [6.07, 6.45) is -4.78. The minimum Gasteiger partial charge on any atom is -0.464 e. The molecule has 14 heteroatoms. The van der Waals surface area contributed by atoms with Gasteiger partial charge in [-0.1, -0.05) is 6.08 Å². The molecule has 1 heterocycles. The Morgan fingerprint density at radius 2 is 1.68 bits per heavy atom. The quantitative estimate of drug-likeness (QED) is 0.197. The first-order chi connectivity index (χ1) is 17.3. The van der Waals surface area contributed by atoms with Gasteiger partial charge in [0, 0.05) is 34.6 Å². The molecule has 14 nitrogen and oxygen atoms in total. The van der Waals surface area contributed by atoms with E-state index in [0.29, 0.717) is 0 Å². The number of methoxy groups -OCH3 is 1. The SMILES string of the molecule is C=CCO[C@H]([C@@H]1O[C@](OC(C)=O)(C(=O)OC)C[C@H](OC(C)=O)[C@H]1NC(C)=O)[C@H](COC(C)=O)OC(C)=O. The average Bonchev–Trinajstić information content (AvgIpc) is 2.77. The van der Waals surface area contributed by atoms with Crippen molar-refractivity contribution in [3.63, 3.8) is 0 Å². The lowest BCUT2D eigenvalue weighted by atomic mass is 9.88. The van der Waals surface area contributed by atoms with Crippen molar-refractivity contribution in [1.82, 2.24) is 5.32 Å². The van der Waals surface area contributed by atoms with E-state index in [0.717, 1.165) is 34.8 Å². The number of rotatable bonds is 12. The average molecular weight is 532 g/mol. The molecule has 0 aromatic rings. The summed E-state index contributed by atoms with van der Waals surface area (Å²) in [7, 11) is 1.01. The van der Waals surface area contributed by atoms with E-state index < -0.39 is 85.0 Å². The highest BCUT2D eigenvalue weighted by atomic mass is 16.8. The van der Waals surface area contributed by atoms with Crippen LogP contribution in [0.3, 0.4) is 0 Å². The van der Waals surface area contributed by atoms with Crippen molar-refractivity contribution in [3.8, 4) is 0 Å². The van der Waals surface area contributed by atoms with Crippen LogP contribution in [0.4, 0.5) is 0 Å². The van der Waals surface area contributed by atoms with Crippen molar-refractivity contribution in [2.24, 2.45) is 0 Å². The van der Waals surface area contributed by atoms with E-state index in [4.69, 9.17) is 33.2 Å². The van der Waals surface area contributed by atoms with Crippen molar-refractivity contribution in [2.75, 3.05) is 20.3 Å². The fourth-order valence-corrected chi connectivity index (χ4v) is 3.78. The molecule has 0 unspecified atom stereocenters. The normalized spacial score (nSPS) is 24.4. The predicted octanol–water partition coefficient (Wildman–Crippen LogP) is -0.290. The number of amides is 1. The van der Waals surface area contributed by atoms with Crippen molar-refractivity contribution in [3.05, 3.63) is 12.7 Å². The minimum atomic E-state index is -2.45. The highest BCUT2D eigenvalue weighted by molar-refractivity contribution is 5.82. The number of hydrogen-bond acceptors (Lipinski definition) is 13. The molecule has 0 spiro atoms. The van der Waals surface area contributed by atoms with Gasteiger partial charge in [-0.25, -0.2) is 4.79 Å². The fourth-order valence-electron chi connectivity index (χ4n) is 3.78. The van der Waals surface area contributed by atoms with E-state index >= 15 is 0 Å². The summed E-state index contributed by atoms with van der Waals surface area (Å²) in [4.78, 5) is 72.3. The number of nitrogens with one attached hydrogen (secondary N) is 1. The number of hydrogen-bond donors (Lipinski definition) is 1. The van der Waals surface area contributed by atoms with E-state index in [1.807, 2.05) is 0 Å². The fraction of sp³-hybridized carbons (Fsp3) is 0.652. The molecule has 0 aliphatic carbocycles. The van der Waals surface area contributed by atoms with Gasteiger partial charge in [-0.2, -0.15) is 0 Å². The van der Waals surface area contributed by atoms with Gasteiger partial charge in [-0.05, 0) is 0 Å². The van der Waals surface area contributed by atoms with Crippen LogP contribution in [0.1, 0.15) is 41.0 Å². The lowest BCUT2D eigenvalue weighted by Gasteiger charge is -2.48. The van der Waals surface area contributed by atoms with Gasteiger partial charge in [-0.15, -0.1) is 6.58 Å². The van der Waals surface area contributed by atoms with Gasteiger partial charge in [0.05, 0.1) is 26.2 Å². The number of carbonyl (C=O) groups excluding carboxylic acids is 6. The Bertz CT molecular complexity index is 888. The van der Waals surface area contributed by atoms with E-state index in [1.165, 1.54) is 13.0 Å². The van der Waals surface area contributed by atoms with Crippen LogP contribution in [0, 0.1) is 0 Å². The number of carbonyl (C=O) groups is 6. The van der Waals surface area contributed by atoms with Gasteiger partial charge in [-0.3, -0.25) is 24.0 Å². The predicted molar refractivity (Wildman–Crippen MR) is 121 cm³/mol. The maximum atomic E-state index is 12.9. The summed E-state index contributed by atoms with van der Waals surface area (Å²) >= 11 is 0. The summed E-state index contributed by atoms with van der Waals surface area (Å²) in [5.41, 5.74) is 0. The summed E-state index contributed by atoms with van der Waals surface area (Å²) in [5, 5.41) is 2.58. The zero-order valence-corrected chi connectivity index (χ0v) is 21.6. The Kier molecular flexibility index (Phi) is 12.2. The summed E-state index contributed by atoms with van der Waals surface area (Å²) < 4.78 is 37.5. The molecule has 1 rings (SSSR count). The van der Waals surface area contributed by atoms with Crippen LogP contribution in [-0.2, 0) is 61.9 Å². The summed E-state index contributed by atoms with van der Waals surface area (Å²) in [6, 6.07) is -1.22. The highest BCUT2D eigenvalue weighted by Gasteiger charge is 2.60. The standard InChI is InChI=1S/C23H33NO13/c1-8-9-32-20(18(35-15(5)28)11-33-13(3)26)21-19(24-12(2)25)17(34-14(4)27)10-23(37-21,22(30)31-7)36-16(6)29/h8,17-21H,1,9-11H2,2-7H3,(H,24,25)/t17-,18-,19+,20-,21+,23-/m0/s1. The van der Waals surface area contributed by atoms with E-state index in [-0.39, 0.29) is 6.61 Å². The second kappa shape index (κ2) is 14.3. The molecule has 1 saturated heterocycles. The van der Waals surface area contributed by atoms with Crippen LogP contribution >= 0.6 is 0 Å². The highest BCUT2D eigenvalue weighted by Crippen LogP contribution is 2.37. The molecule has 0 bridgehead atoms. The van der Waals surface area contributed by atoms with E-state index in [1.54, 1.807) is 0 Å². The van der Waals surface area contributed by atoms with Gasteiger partial charge in [0.1, 0.15) is 24.9 Å². The Hall–Kier alpha value is -3.52. The van der Waals surface area contributed by atoms with Crippen molar-refractivity contribution in [2.45, 2.75) is 77.3 Å². The summed E-state index contributed by atoms with van der Waals surface area (Å²) in [5.74, 6) is -7.40. The molecular weight excluding hydrogens is 498 g/mol. The molecule has 0 saturated carbocycles. The Morgan fingerprint density at radius 1 is 1.03 bits per heavy atom. The Morgan fingerprint density at radius 3 is 2.14 bits per heavy atom. The maximum absolute atomic E-state index is 12.9. The first kappa shape index (κ1) is 31.5. The molecular formula is C23H33NO13. The third-order valence-electron chi connectivity index (χ3n) is 4.91. The Labute approximate surface area is 213 Å². The first-order valence-corrected chi connectivity index (χ1v) is 11.2. The molecule has 6 atom stereocenters. The zero-order chi connectivity index (χ0) is 28.3. The lowest BCUT2D eigenvalue weighted by Crippen LogP contribution is -2.69. The van der Waals surface area contributed by atoms with Crippen LogP contribution in [0.25, 0.3) is 0 Å². The monoisotopic (exact) mass is 531 g/mol. The van der Waals surface area contributed by atoms with Gasteiger partial charge in [0.15, 0.2) is 6.10 Å². The second-order valence-corrected chi connectivity index (χ2v) is 8.04. The van der Waals surface area contributed by atoms with Crippen LogP contribution in [0.15, 0.2) is 12.7 Å². The molecule has 208 valence electrons. The van der Waals surface area contributed by atoms with Crippen molar-refractivity contribution >= 4 is 35.8 Å². The first-order valence-electron chi connectivity index (χ1n) is 11.2. The Balaban J connectivity index is 3.79. The van der Waals surface area contributed by atoms with Gasteiger partial charge >= 0.3 is 35.6 Å². The lowest BCUT2D eigenvalue weighted by molar-refractivity contribution is -0.305. The number of esters is 5. The molecule has 1 aliphatic rings. The minimum absolute atomic E-state index is 0.161. The van der Waals surface area contributed by atoms with Crippen LogP contribution < -0.4 is 5.32 Å². The van der Waals surface area contributed by atoms with Crippen molar-refractivity contribution < 1.29 is 61.9 Å². The molecule has 1 amide bonds. The molecule has 0 aromatic heterocycles. The van der Waals surface area contributed by atoms with Gasteiger partial charge < -0.3 is 38.5 Å².